The molecule has 3 aromatic rings. The van der Waals surface area contributed by atoms with Crippen molar-refractivity contribution in [3.63, 3.8) is 0 Å². The molecule has 34 heavy (non-hydrogen) atoms. The summed E-state index contributed by atoms with van der Waals surface area (Å²) < 4.78 is 2.01. The Kier molecular flexibility index (Phi) is 7.22. The maximum Gasteiger partial charge on any atom is 0.252 e. The minimum absolute atomic E-state index is 0.0000968. The number of hydrogen-bond donors (Lipinski definition) is 1. The molecule has 1 aliphatic rings. The maximum absolute atomic E-state index is 13.2. The van der Waals surface area contributed by atoms with Crippen LogP contribution in [0.15, 0.2) is 23.0 Å². The number of rotatable bonds is 8. The molecule has 1 atom stereocenters. The van der Waals surface area contributed by atoms with E-state index in [0.717, 1.165) is 48.0 Å². The summed E-state index contributed by atoms with van der Waals surface area (Å²) in [6.07, 6.45) is 7.88. The standard InChI is InChI=1S/C27H40N6O/c1-7-24(25-29-30-31-33(25)27(5,6)8-2)32(22-12-10-9-11-13-22)17-21-16-20-14-18(3)19(4)15-23(20)28-26(21)34/h14-16,22,24H,7-13,17H2,1-6H3,(H,28,34)/t24-/m0/s1. The number of H-pyrrole nitrogens is 1. The van der Waals surface area contributed by atoms with Crippen molar-refractivity contribution in [3.8, 4) is 0 Å². The van der Waals surface area contributed by atoms with Crippen LogP contribution in [0.1, 0.15) is 101 Å². The second-order valence-electron chi connectivity index (χ2n) is 10.7. The second-order valence-corrected chi connectivity index (χ2v) is 10.7. The fraction of sp³-hybridized carbons (Fsp3) is 0.630. The highest BCUT2D eigenvalue weighted by Gasteiger charge is 2.34. The van der Waals surface area contributed by atoms with Crippen molar-refractivity contribution in [2.45, 2.75) is 111 Å². The van der Waals surface area contributed by atoms with Crippen LogP contribution in [0, 0.1) is 13.8 Å². The minimum Gasteiger partial charge on any atom is -0.322 e. The van der Waals surface area contributed by atoms with Crippen molar-refractivity contribution >= 4 is 10.9 Å². The van der Waals surface area contributed by atoms with Gasteiger partial charge in [-0.15, -0.1) is 5.10 Å². The lowest BCUT2D eigenvalue weighted by Gasteiger charge is -2.40. The Morgan fingerprint density at radius 1 is 1.12 bits per heavy atom. The predicted molar refractivity (Wildman–Crippen MR) is 137 cm³/mol. The number of hydrogen-bond acceptors (Lipinski definition) is 5. The zero-order chi connectivity index (χ0) is 24.5. The van der Waals surface area contributed by atoms with Gasteiger partial charge >= 0.3 is 0 Å². The zero-order valence-electron chi connectivity index (χ0n) is 21.7. The fourth-order valence-corrected chi connectivity index (χ4v) is 5.29. The number of aryl methyl sites for hydroxylation is 2. The third-order valence-electron chi connectivity index (χ3n) is 7.95. The highest BCUT2D eigenvalue weighted by molar-refractivity contribution is 5.80. The summed E-state index contributed by atoms with van der Waals surface area (Å²) in [5.74, 6) is 0.906. The highest BCUT2D eigenvalue weighted by Crippen LogP contribution is 2.34. The second kappa shape index (κ2) is 9.98. The van der Waals surface area contributed by atoms with Crippen molar-refractivity contribution < 1.29 is 0 Å². The van der Waals surface area contributed by atoms with Gasteiger partial charge in [-0.2, -0.15) is 0 Å². The highest BCUT2D eigenvalue weighted by atomic mass is 16.1. The summed E-state index contributed by atoms with van der Waals surface area (Å²) in [7, 11) is 0. The van der Waals surface area contributed by atoms with Gasteiger partial charge in [0.1, 0.15) is 0 Å². The lowest BCUT2D eigenvalue weighted by atomic mass is 9.91. The molecule has 0 saturated heterocycles. The van der Waals surface area contributed by atoms with Crippen molar-refractivity contribution in [1.29, 1.82) is 0 Å². The third kappa shape index (κ3) is 4.81. The van der Waals surface area contributed by atoms with Crippen molar-refractivity contribution in [3.05, 3.63) is 51.1 Å². The van der Waals surface area contributed by atoms with E-state index in [0.29, 0.717) is 12.6 Å². The van der Waals surface area contributed by atoms with E-state index in [1.54, 1.807) is 0 Å². The van der Waals surface area contributed by atoms with Gasteiger partial charge in [-0.05, 0) is 98.5 Å². The van der Waals surface area contributed by atoms with Crippen LogP contribution >= 0.6 is 0 Å². The van der Waals surface area contributed by atoms with Crippen molar-refractivity contribution in [1.82, 2.24) is 30.1 Å². The molecule has 0 radical (unpaired) electrons. The van der Waals surface area contributed by atoms with Crippen LogP contribution in [0.25, 0.3) is 10.9 Å². The number of nitrogens with one attached hydrogen (secondary N) is 1. The smallest absolute Gasteiger partial charge is 0.252 e. The zero-order valence-corrected chi connectivity index (χ0v) is 21.7. The van der Waals surface area contributed by atoms with E-state index in [4.69, 9.17) is 0 Å². The average molecular weight is 465 g/mol. The molecule has 0 bridgehead atoms. The van der Waals surface area contributed by atoms with Gasteiger partial charge < -0.3 is 4.98 Å². The minimum atomic E-state index is -0.166. The van der Waals surface area contributed by atoms with Gasteiger partial charge in [-0.25, -0.2) is 4.68 Å². The number of tetrazole rings is 1. The number of fused-ring (bicyclic) bond motifs is 1. The first-order chi connectivity index (χ1) is 16.2. The third-order valence-corrected chi connectivity index (χ3v) is 7.95. The fourth-order valence-electron chi connectivity index (χ4n) is 5.29. The number of aromatic amines is 1. The molecule has 7 nitrogen and oxygen atoms in total. The van der Waals surface area contributed by atoms with Crippen LogP contribution in [0.4, 0.5) is 0 Å². The van der Waals surface area contributed by atoms with Crippen molar-refractivity contribution in [2.24, 2.45) is 0 Å². The molecule has 1 N–H and O–H groups in total. The molecule has 0 unspecified atom stereocenters. The summed E-state index contributed by atoms with van der Waals surface area (Å²) in [5.41, 5.74) is 3.98. The first-order valence-corrected chi connectivity index (χ1v) is 12.9. The normalized spacial score (nSPS) is 16.4. The van der Waals surface area contributed by atoms with Crippen LogP contribution < -0.4 is 5.56 Å². The molecule has 2 heterocycles. The lowest BCUT2D eigenvalue weighted by Crippen LogP contribution is -2.42. The van der Waals surface area contributed by atoms with Gasteiger partial charge in [0.15, 0.2) is 5.82 Å². The van der Waals surface area contributed by atoms with Crippen LogP contribution in [-0.2, 0) is 12.1 Å². The number of aromatic nitrogens is 5. The van der Waals surface area contributed by atoms with Crippen LogP contribution in [-0.4, -0.2) is 36.1 Å². The first-order valence-electron chi connectivity index (χ1n) is 12.9. The van der Waals surface area contributed by atoms with E-state index in [1.807, 2.05) is 4.68 Å². The van der Waals surface area contributed by atoms with Gasteiger partial charge in [-0.3, -0.25) is 9.69 Å². The lowest BCUT2D eigenvalue weighted by molar-refractivity contribution is 0.0801. The van der Waals surface area contributed by atoms with Crippen LogP contribution in [0.5, 0.6) is 0 Å². The quantitative estimate of drug-likeness (QED) is 0.472. The Hall–Kier alpha value is -2.54. The van der Waals surface area contributed by atoms with E-state index < -0.39 is 0 Å². The summed E-state index contributed by atoms with van der Waals surface area (Å²) in [5, 5.41) is 14.1. The van der Waals surface area contributed by atoms with E-state index >= 15 is 0 Å². The molecule has 1 aromatic carbocycles. The van der Waals surface area contributed by atoms with Gasteiger partial charge in [0.25, 0.3) is 5.56 Å². The Balaban J connectivity index is 1.77. The molecule has 0 spiro atoms. The van der Waals surface area contributed by atoms with E-state index in [2.05, 4.69) is 85.2 Å². The number of pyridine rings is 1. The Morgan fingerprint density at radius 2 is 1.82 bits per heavy atom. The average Bonchev–Trinajstić information content (AvgIpc) is 3.32. The molecule has 2 aromatic heterocycles. The molecular weight excluding hydrogens is 424 g/mol. The molecule has 1 aliphatic carbocycles. The molecule has 4 rings (SSSR count). The topological polar surface area (TPSA) is 79.7 Å². The van der Waals surface area contributed by atoms with Crippen LogP contribution in [0.3, 0.4) is 0 Å². The molecule has 7 heteroatoms. The molecular formula is C27H40N6O. The monoisotopic (exact) mass is 464 g/mol. The molecule has 0 amide bonds. The van der Waals surface area contributed by atoms with Crippen LogP contribution in [0.2, 0.25) is 0 Å². The van der Waals surface area contributed by atoms with E-state index in [9.17, 15) is 4.79 Å². The Bertz CT molecular complexity index is 1190. The van der Waals surface area contributed by atoms with E-state index in [-0.39, 0.29) is 17.1 Å². The van der Waals surface area contributed by atoms with Gasteiger partial charge in [0.2, 0.25) is 0 Å². The van der Waals surface area contributed by atoms with Crippen molar-refractivity contribution in [2.75, 3.05) is 0 Å². The van der Waals surface area contributed by atoms with E-state index in [1.165, 1.54) is 30.4 Å². The van der Waals surface area contributed by atoms with Gasteiger partial charge in [-0.1, -0.05) is 33.1 Å². The Labute approximate surface area is 202 Å². The molecule has 0 aliphatic heterocycles. The predicted octanol–water partition coefficient (Wildman–Crippen LogP) is 5.56. The molecule has 184 valence electrons. The number of nitrogens with zero attached hydrogens (tertiary/aromatic N) is 5. The first kappa shape index (κ1) is 24.6. The molecule has 1 saturated carbocycles. The maximum atomic E-state index is 13.2. The Morgan fingerprint density at radius 3 is 2.50 bits per heavy atom. The largest absolute Gasteiger partial charge is 0.322 e. The SMILES string of the molecule is CC[C@@H](c1nnnn1C(C)(C)CC)N(Cc1cc2cc(C)c(C)cc2[nH]c1=O)C1CCCCC1. The summed E-state index contributed by atoms with van der Waals surface area (Å²) in [4.78, 5) is 18.9. The van der Waals surface area contributed by atoms with Gasteiger partial charge in [0.05, 0.1) is 11.6 Å². The summed E-state index contributed by atoms with van der Waals surface area (Å²) in [6.45, 7) is 13.5. The summed E-state index contributed by atoms with van der Waals surface area (Å²) >= 11 is 0. The van der Waals surface area contributed by atoms with Gasteiger partial charge in [0, 0.05) is 23.7 Å². The number of benzene rings is 1. The summed E-state index contributed by atoms with van der Waals surface area (Å²) in [6, 6.07) is 6.81. The molecule has 1 fully saturated rings.